The molecule has 150 valence electrons. The van der Waals surface area contributed by atoms with Gasteiger partial charge in [0.2, 0.25) is 15.7 Å². The zero-order valence-corrected chi connectivity index (χ0v) is 16.7. The molecule has 0 unspecified atom stereocenters. The highest BCUT2D eigenvalue weighted by Gasteiger charge is 2.22. The monoisotopic (exact) mass is 412 g/mol. The van der Waals surface area contributed by atoms with E-state index in [4.69, 9.17) is 0 Å². The van der Waals surface area contributed by atoms with Crippen molar-refractivity contribution < 1.29 is 17.6 Å². The molecule has 0 saturated heterocycles. The molecule has 0 heterocycles. The lowest BCUT2D eigenvalue weighted by atomic mass is 10.2. The number of nitrogens with one attached hydrogen (secondary N) is 1. The second kappa shape index (κ2) is 8.87. The molecule has 3 aromatic rings. The van der Waals surface area contributed by atoms with E-state index in [0.717, 1.165) is 17.7 Å². The van der Waals surface area contributed by atoms with Gasteiger partial charge in [-0.3, -0.25) is 4.79 Å². The molecule has 5 nitrogen and oxygen atoms in total. The van der Waals surface area contributed by atoms with E-state index in [1.807, 2.05) is 30.3 Å². The molecule has 0 aliphatic carbocycles. The van der Waals surface area contributed by atoms with Gasteiger partial charge in [-0.25, -0.2) is 12.8 Å². The lowest BCUT2D eigenvalue weighted by Gasteiger charge is -2.19. The zero-order chi connectivity index (χ0) is 20.9. The van der Waals surface area contributed by atoms with Crippen LogP contribution in [0.15, 0.2) is 88.7 Å². The van der Waals surface area contributed by atoms with Crippen LogP contribution in [0.5, 0.6) is 0 Å². The predicted molar refractivity (Wildman–Crippen MR) is 110 cm³/mol. The number of benzene rings is 3. The van der Waals surface area contributed by atoms with Crippen LogP contribution in [0.4, 0.5) is 10.1 Å². The molecule has 0 aromatic heterocycles. The number of hydrogen-bond donors (Lipinski definition) is 1. The molecule has 0 aliphatic rings. The number of likely N-dealkylation sites (N-methyl/N-ethyl adjacent to an activating group) is 1. The Morgan fingerprint density at radius 1 is 0.966 bits per heavy atom. The molecule has 7 heteroatoms. The minimum Gasteiger partial charge on any atom is -0.375 e. The Kier molecular flexibility index (Phi) is 6.29. The summed E-state index contributed by atoms with van der Waals surface area (Å²) in [7, 11) is -2.27. The minimum atomic E-state index is -3.94. The van der Waals surface area contributed by atoms with Crippen molar-refractivity contribution >= 4 is 21.4 Å². The van der Waals surface area contributed by atoms with Crippen molar-refractivity contribution in [1.82, 2.24) is 4.90 Å². The normalized spacial score (nSPS) is 11.1. The van der Waals surface area contributed by atoms with Gasteiger partial charge in [0.15, 0.2) is 0 Å². The van der Waals surface area contributed by atoms with E-state index < -0.39 is 15.7 Å². The topological polar surface area (TPSA) is 66.5 Å². The number of rotatable bonds is 7. The Morgan fingerprint density at radius 3 is 2.24 bits per heavy atom. The standard InChI is InChI=1S/C22H21FN2O3S/c1-25(16-17-8-4-2-5-9-17)22(26)15-24-20-13-12-18(23)14-21(20)29(27,28)19-10-6-3-7-11-19/h2-14,24H,15-16H2,1H3. The van der Waals surface area contributed by atoms with Gasteiger partial charge in [-0.15, -0.1) is 0 Å². The van der Waals surface area contributed by atoms with Crippen LogP contribution in [0.2, 0.25) is 0 Å². The molecule has 0 saturated carbocycles. The van der Waals surface area contributed by atoms with Crippen LogP contribution in [0.1, 0.15) is 5.56 Å². The van der Waals surface area contributed by atoms with Crippen molar-refractivity contribution in [3.63, 3.8) is 0 Å². The van der Waals surface area contributed by atoms with E-state index in [0.29, 0.717) is 6.54 Å². The minimum absolute atomic E-state index is 0.0566. The lowest BCUT2D eigenvalue weighted by molar-refractivity contribution is -0.128. The Bertz CT molecular complexity index is 1090. The Balaban J connectivity index is 1.77. The third-order valence-corrected chi connectivity index (χ3v) is 6.21. The second-order valence-corrected chi connectivity index (χ2v) is 8.46. The summed E-state index contributed by atoms with van der Waals surface area (Å²) in [6, 6.07) is 20.8. The van der Waals surface area contributed by atoms with Crippen molar-refractivity contribution in [3.05, 3.63) is 90.2 Å². The highest BCUT2D eigenvalue weighted by atomic mass is 32.2. The van der Waals surface area contributed by atoms with E-state index in [2.05, 4.69) is 5.32 Å². The third kappa shape index (κ3) is 5.00. The number of hydrogen-bond acceptors (Lipinski definition) is 4. The summed E-state index contributed by atoms with van der Waals surface area (Å²) < 4.78 is 39.6. The predicted octanol–water partition coefficient (Wildman–Crippen LogP) is 3.73. The third-order valence-electron chi connectivity index (χ3n) is 4.41. The highest BCUT2D eigenvalue weighted by molar-refractivity contribution is 7.91. The van der Waals surface area contributed by atoms with Gasteiger partial charge in [-0.05, 0) is 35.9 Å². The van der Waals surface area contributed by atoms with Crippen molar-refractivity contribution in [3.8, 4) is 0 Å². The number of carbonyl (C=O) groups excluding carboxylic acids is 1. The molecule has 0 atom stereocenters. The molecule has 0 bridgehead atoms. The van der Waals surface area contributed by atoms with Gasteiger partial charge in [0, 0.05) is 13.6 Å². The molecule has 3 aromatic carbocycles. The first kappa shape index (κ1) is 20.5. The molecule has 0 radical (unpaired) electrons. The van der Waals surface area contributed by atoms with Gasteiger partial charge in [0.05, 0.1) is 22.0 Å². The maximum atomic E-state index is 13.8. The first-order valence-corrected chi connectivity index (χ1v) is 10.5. The van der Waals surface area contributed by atoms with Crippen LogP contribution in [-0.2, 0) is 21.2 Å². The summed E-state index contributed by atoms with van der Waals surface area (Å²) in [5, 5.41) is 2.85. The summed E-state index contributed by atoms with van der Waals surface area (Å²) >= 11 is 0. The van der Waals surface area contributed by atoms with Gasteiger partial charge in [0.25, 0.3) is 0 Å². The van der Waals surface area contributed by atoms with Crippen molar-refractivity contribution in [2.45, 2.75) is 16.3 Å². The summed E-state index contributed by atoms with van der Waals surface area (Å²) in [6.45, 7) is 0.312. The summed E-state index contributed by atoms with van der Waals surface area (Å²) in [4.78, 5) is 13.8. The van der Waals surface area contributed by atoms with E-state index in [9.17, 15) is 17.6 Å². The highest BCUT2D eigenvalue weighted by Crippen LogP contribution is 2.28. The zero-order valence-electron chi connectivity index (χ0n) is 15.9. The maximum absolute atomic E-state index is 13.8. The summed E-state index contributed by atoms with van der Waals surface area (Å²) in [6.07, 6.45) is 0. The molecule has 1 amide bonds. The number of carbonyl (C=O) groups is 1. The van der Waals surface area contributed by atoms with Crippen LogP contribution in [-0.4, -0.2) is 32.8 Å². The lowest BCUT2D eigenvalue weighted by Crippen LogP contribution is -2.32. The van der Waals surface area contributed by atoms with E-state index >= 15 is 0 Å². The van der Waals surface area contributed by atoms with Crippen LogP contribution in [0.25, 0.3) is 0 Å². The van der Waals surface area contributed by atoms with E-state index in [1.165, 1.54) is 23.1 Å². The fourth-order valence-electron chi connectivity index (χ4n) is 2.84. The largest absolute Gasteiger partial charge is 0.375 e. The fraction of sp³-hybridized carbons (Fsp3) is 0.136. The van der Waals surface area contributed by atoms with Crippen molar-refractivity contribution in [1.29, 1.82) is 0 Å². The van der Waals surface area contributed by atoms with Gasteiger partial charge in [-0.1, -0.05) is 48.5 Å². The van der Waals surface area contributed by atoms with E-state index in [1.54, 1.807) is 25.2 Å². The number of sulfone groups is 1. The molecule has 1 N–H and O–H groups in total. The molecule has 29 heavy (non-hydrogen) atoms. The fourth-order valence-corrected chi connectivity index (χ4v) is 4.31. The number of nitrogens with zero attached hydrogens (tertiary/aromatic N) is 1. The molecule has 0 aliphatic heterocycles. The summed E-state index contributed by atoms with van der Waals surface area (Å²) in [5.41, 5.74) is 1.16. The van der Waals surface area contributed by atoms with Crippen LogP contribution in [0, 0.1) is 5.82 Å². The van der Waals surface area contributed by atoms with Crippen LogP contribution >= 0.6 is 0 Å². The van der Waals surface area contributed by atoms with Crippen LogP contribution in [0.3, 0.4) is 0 Å². The Morgan fingerprint density at radius 2 is 1.59 bits per heavy atom. The maximum Gasteiger partial charge on any atom is 0.241 e. The molecule has 0 fully saturated rings. The Labute approximate surface area is 169 Å². The van der Waals surface area contributed by atoms with Crippen LogP contribution < -0.4 is 5.32 Å². The molecule has 3 rings (SSSR count). The average molecular weight is 412 g/mol. The quantitative estimate of drug-likeness (QED) is 0.642. The molecule has 0 spiro atoms. The smallest absolute Gasteiger partial charge is 0.241 e. The number of anilines is 1. The van der Waals surface area contributed by atoms with Gasteiger partial charge in [-0.2, -0.15) is 0 Å². The molecular weight excluding hydrogens is 391 g/mol. The first-order valence-electron chi connectivity index (χ1n) is 8.99. The van der Waals surface area contributed by atoms with Gasteiger partial charge < -0.3 is 10.2 Å². The number of halogens is 1. The van der Waals surface area contributed by atoms with Gasteiger partial charge >= 0.3 is 0 Å². The summed E-state index contributed by atoms with van der Waals surface area (Å²) in [5.74, 6) is -0.890. The first-order chi connectivity index (χ1) is 13.9. The van der Waals surface area contributed by atoms with Crippen molar-refractivity contribution in [2.24, 2.45) is 0 Å². The Hall–Kier alpha value is -3.19. The van der Waals surface area contributed by atoms with Crippen molar-refractivity contribution in [2.75, 3.05) is 18.9 Å². The average Bonchev–Trinajstić information content (AvgIpc) is 2.74. The molecular formula is C22H21FN2O3S. The SMILES string of the molecule is CN(Cc1ccccc1)C(=O)CNc1ccc(F)cc1S(=O)(=O)c1ccccc1. The van der Waals surface area contributed by atoms with E-state index in [-0.39, 0.29) is 27.9 Å². The number of amides is 1. The van der Waals surface area contributed by atoms with Gasteiger partial charge in [0.1, 0.15) is 5.82 Å². The second-order valence-electron chi connectivity index (χ2n) is 6.55.